The van der Waals surface area contributed by atoms with Gasteiger partial charge in [-0.2, -0.15) is 13.2 Å². The Morgan fingerprint density at radius 1 is 0.897 bits per heavy atom. The minimum absolute atomic E-state index is 0.0593. The highest BCUT2D eigenvalue weighted by molar-refractivity contribution is 6.02. The number of rotatable bonds is 2. The van der Waals surface area contributed by atoms with Gasteiger partial charge in [-0.15, -0.1) is 0 Å². The number of ketones is 1. The second-order valence-electron chi connectivity index (χ2n) is 7.36. The number of carbonyl (C=O) groups is 2. The van der Waals surface area contributed by atoms with Gasteiger partial charge in [0.2, 0.25) is 5.91 Å². The molecule has 2 aromatic carbocycles. The van der Waals surface area contributed by atoms with Gasteiger partial charge in [0.1, 0.15) is 5.82 Å². The van der Waals surface area contributed by atoms with Crippen molar-refractivity contribution >= 4 is 11.7 Å². The summed E-state index contributed by atoms with van der Waals surface area (Å²) in [6, 6.07) is 10.8. The molecule has 0 unspecified atom stereocenters. The van der Waals surface area contributed by atoms with Crippen molar-refractivity contribution in [3.63, 3.8) is 0 Å². The summed E-state index contributed by atoms with van der Waals surface area (Å²) in [5.41, 5.74) is 0.475. The third-order valence-electron chi connectivity index (χ3n) is 5.52. The van der Waals surface area contributed by atoms with Crippen LogP contribution in [-0.4, -0.2) is 11.7 Å². The van der Waals surface area contributed by atoms with E-state index in [4.69, 9.17) is 0 Å². The number of halogens is 4. The van der Waals surface area contributed by atoms with Crippen molar-refractivity contribution in [2.24, 2.45) is 0 Å². The van der Waals surface area contributed by atoms with Crippen molar-refractivity contribution in [2.75, 3.05) is 0 Å². The number of hydrogen-bond donors (Lipinski definition) is 1. The summed E-state index contributed by atoms with van der Waals surface area (Å²) in [6.07, 6.45) is -4.38. The largest absolute Gasteiger partial charge is 0.416 e. The Morgan fingerprint density at radius 2 is 1.59 bits per heavy atom. The maximum absolute atomic E-state index is 13.5. The average molecular weight is 403 g/mol. The fourth-order valence-electron chi connectivity index (χ4n) is 4.26. The lowest BCUT2D eigenvalue weighted by atomic mass is 9.72. The van der Waals surface area contributed by atoms with E-state index < -0.39 is 29.4 Å². The lowest BCUT2D eigenvalue weighted by Gasteiger charge is -2.35. The Kier molecular flexibility index (Phi) is 4.76. The SMILES string of the molecule is O=C1C[C@@H](c2ccccc2C(F)(F)F)C2=C(C[C@H](c3ccc(F)cc3)CC2=O)N1. The van der Waals surface area contributed by atoms with E-state index in [-0.39, 0.29) is 35.7 Å². The van der Waals surface area contributed by atoms with Crippen LogP contribution in [0.2, 0.25) is 0 Å². The van der Waals surface area contributed by atoms with E-state index in [1.165, 1.54) is 30.3 Å². The molecule has 0 radical (unpaired) electrons. The molecule has 0 saturated heterocycles. The van der Waals surface area contributed by atoms with Crippen molar-refractivity contribution in [3.8, 4) is 0 Å². The van der Waals surface area contributed by atoms with Crippen molar-refractivity contribution in [3.05, 3.63) is 82.3 Å². The highest BCUT2D eigenvalue weighted by atomic mass is 19.4. The van der Waals surface area contributed by atoms with Gasteiger partial charge in [-0.05, 0) is 41.7 Å². The van der Waals surface area contributed by atoms with Crippen molar-refractivity contribution in [1.82, 2.24) is 5.32 Å². The van der Waals surface area contributed by atoms with Crippen LogP contribution in [0.25, 0.3) is 0 Å². The molecule has 1 aliphatic carbocycles. The number of nitrogens with one attached hydrogen (secondary N) is 1. The van der Waals surface area contributed by atoms with E-state index in [1.54, 1.807) is 12.1 Å². The highest BCUT2D eigenvalue weighted by Crippen LogP contribution is 2.45. The molecule has 0 fully saturated rings. The summed E-state index contributed by atoms with van der Waals surface area (Å²) in [4.78, 5) is 25.2. The average Bonchev–Trinajstić information content (AvgIpc) is 2.67. The van der Waals surface area contributed by atoms with E-state index in [0.717, 1.165) is 11.6 Å². The normalized spacial score (nSPS) is 22.3. The molecule has 0 saturated carbocycles. The molecule has 2 atom stereocenters. The standard InChI is InChI=1S/C22H17F4NO2/c23-14-7-5-12(6-8-14)13-9-18-21(19(28)10-13)16(11-20(29)27-18)15-3-1-2-4-17(15)22(24,25)26/h1-8,13,16H,9-11H2,(H,27,29)/t13-,16-/m0/s1. The third-order valence-corrected chi connectivity index (χ3v) is 5.52. The van der Waals surface area contributed by atoms with Gasteiger partial charge in [-0.3, -0.25) is 9.59 Å². The maximum atomic E-state index is 13.5. The third kappa shape index (κ3) is 3.69. The second kappa shape index (κ2) is 7.13. The Balaban J connectivity index is 1.76. The van der Waals surface area contributed by atoms with Gasteiger partial charge in [-0.25, -0.2) is 4.39 Å². The quantitative estimate of drug-likeness (QED) is 0.729. The lowest BCUT2D eigenvalue weighted by molar-refractivity contribution is -0.138. The minimum Gasteiger partial charge on any atom is -0.329 e. The zero-order valence-electron chi connectivity index (χ0n) is 15.2. The molecule has 1 N–H and O–H groups in total. The molecule has 29 heavy (non-hydrogen) atoms. The number of hydrogen-bond acceptors (Lipinski definition) is 2. The first-order valence-corrected chi connectivity index (χ1v) is 9.21. The fourth-order valence-corrected chi connectivity index (χ4v) is 4.26. The molecule has 1 amide bonds. The monoisotopic (exact) mass is 403 g/mol. The van der Waals surface area contributed by atoms with Crippen molar-refractivity contribution in [1.29, 1.82) is 0 Å². The van der Waals surface area contributed by atoms with E-state index in [2.05, 4.69) is 5.32 Å². The molecule has 4 rings (SSSR count). The second-order valence-corrected chi connectivity index (χ2v) is 7.36. The van der Waals surface area contributed by atoms with Gasteiger partial charge in [-0.1, -0.05) is 30.3 Å². The van der Waals surface area contributed by atoms with Crippen LogP contribution < -0.4 is 5.32 Å². The molecule has 1 heterocycles. The number of carbonyl (C=O) groups excluding carboxylic acids is 2. The Morgan fingerprint density at radius 3 is 2.28 bits per heavy atom. The van der Waals surface area contributed by atoms with Gasteiger partial charge >= 0.3 is 6.18 Å². The van der Waals surface area contributed by atoms with Crippen LogP contribution in [0, 0.1) is 5.82 Å². The summed E-state index contributed by atoms with van der Waals surface area (Å²) in [6.45, 7) is 0. The topological polar surface area (TPSA) is 46.2 Å². The summed E-state index contributed by atoms with van der Waals surface area (Å²) in [5, 5.41) is 2.68. The molecule has 0 bridgehead atoms. The summed E-state index contributed by atoms with van der Waals surface area (Å²) >= 11 is 0. The summed E-state index contributed by atoms with van der Waals surface area (Å²) in [5.74, 6) is -2.30. The molecule has 2 aromatic rings. The first-order chi connectivity index (χ1) is 13.7. The van der Waals surface area contributed by atoms with Crippen LogP contribution >= 0.6 is 0 Å². The van der Waals surface area contributed by atoms with E-state index in [1.807, 2.05) is 0 Å². The highest BCUT2D eigenvalue weighted by Gasteiger charge is 2.42. The van der Waals surface area contributed by atoms with Crippen LogP contribution in [0.4, 0.5) is 17.6 Å². The Hall–Kier alpha value is -2.96. The van der Waals surface area contributed by atoms with Gasteiger partial charge in [0.15, 0.2) is 5.78 Å². The van der Waals surface area contributed by atoms with Crippen LogP contribution in [-0.2, 0) is 15.8 Å². The number of amides is 1. The maximum Gasteiger partial charge on any atom is 0.416 e. The first-order valence-electron chi connectivity index (χ1n) is 9.21. The molecular formula is C22H17F4NO2. The predicted molar refractivity (Wildman–Crippen MR) is 97.4 cm³/mol. The first kappa shape index (κ1) is 19.4. The molecule has 7 heteroatoms. The van der Waals surface area contributed by atoms with Gasteiger partial charge in [0.25, 0.3) is 0 Å². The van der Waals surface area contributed by atoms with Gasteiger partial charge < -0.3 is 5.32 Å². The minimum atomic E-state index is -4.58. The lowest BCUT2D eigenvalue weighted by Crippen LogP contribution is -2.38. The van der Waals surface area contributed by atoms with Crippen molar-refractivity contribution in [2.45, 2.75) is 37.3 Å². The smallest absolute Gasteiger partial charge is 0.329 e. The predicted octanol–water partition coefficient (Wildman–Crippen LogP) is 4.85. The van der Waals surface area contributed by atoms with Crippen LogP contribution in [0.3, 0.4) is 0 Å². The summed E-state index contributed by atoms with van der Waals surface area (Å²) in [7, 11) is 0. The van der Waals surface area contributed by atoms with Crippen molar-refractivity contribution < 1.29 is 27.2 Å². The van der Waals surface area contributed by atoms with Crippen LogP contribution in [0.5, 0.6) is 0 Å². The molecule has 0 aromatic heterocycles. The van der Waals surface area contributed by atoms with E-state index in [0.29, 0.717) is 12.1 Å². The fraction of sp³-hybridized carbons (Fsp3) is 0.273. The molecule has 1 aliphatic heterocycles. The number of alkyl halides is 3. The molecule has 2 aliphatic rings. The molecule has 150 valence electrons. The Bertz CT molecular complexity index is 1010. The van der Waals surface area contributed by atoms with Crippen LogP contribution in [0.15, 0.2) is 59.8 Å². The Labute approximate surface area is 164 Å². The van der Waals surface area contributed by atoms with E-state index >= 15 is 0 Å². The molecule has 0 spiro atoms. The van der Waals surface area contributed by atoms with Crippen LogP contribution in [0.1, 0.15) is 47.8 Å². The van der Waals surface area contributed by atoms with E-state index in [9.17, 15) is 27.2 Å². The summed E-state index contributed by atoms with van der Waals surface area (Å²) < 4.78 is 53.7. The van der Waals surface area contributed by atoms with Gasteiger partial charge in [0, 0.05) is 30.0 Å². The number of allylic oxidation sites excluding steroid dienone is 2. The molecule has 3 nitrogen and oxygen atoms in total. The zero-order valence-corrected chi connectivity index (χ0v) is 15.2. The zero-order chi connectivity index (χ0) is 20.8. The number of benzene rings is 2. The number of Topliss-reactive ketones (excluding diaryl/α,β-unsaturated/α-hetero) is 1. The van der Waals surface area contributed by atoms with Gasteiger partial charge in [0.05, 0.1) is 5.56 Å². The molecular weight excluding hydrogens is 386 g/mol.